The molecule has 1 aromatic heterocycles. The van der Waals surface area contributed by atoms with Crippen LogP contribution in [0.25, 0.3) is 16.9 Å². The number of nitrogens with one attached hydrogen (secondary N) is 2. The van der Waals surface area contributed by atoms with Crippen molar-refractivity contribution in [2.24, 2.45) is 0 Å². The van der Waals surface area contributed by atoms with Crippen molar-refractivity contribution in [3.8, 4) is 22.7 Å². The smallest absolute Gasteiger partial charge is 0.251 e. The summed E-state index contributed by atoms with van der Waals surface area (Å²) in [6.07, 6.45) is 1.79. The highest BCUT2D eigenvalue weighted by Gasteiger charge is 2.21. The van der Waals surface area contributed by atoms with Crippen LogP contribution in [0.3, 0.4) is 0 Å². The standard InChI is InChI=1S/C25H23FN4O4S/c1-27-35(32,33)23-14-18(10-13-22(23)34-2)25(31)28-15-19-16-30(21-6-4-3-5-7-21)29-24(19)17-8-11-20(26)12-9-17/h3-14,16,27H,15H2,1-2H3,(H,28,31). The van der Waals surface area contributed by atoms with Crippen LogP contribution in [0.5, 0.6) is 5.75 Å². The van der Waals surface area contributed by atoms with Gasteiger partial charge in [0.2, 0.25) is 10.0 Å². The average molecular weight is 495 g/mol. The van der Waals surface area contributed by atoms with Crippen LogP contribution in [0.1, 0.15) is 15.9 Å². The second-order valence-electron chi connectivity index (χ2n) is 7.55. The molecule has 0 radical (unpaired) electrons. The molecule has 0 aliphatic rings. The molecule has 35 heavy (non-hydrogen) atoms. The van der Waals surface area contributed by atoms with Crippen molar-refractivity contribution in [3.63, 3.8) is 0 Å². The lowest BCUT2D eigenvalue weighted by molar-refractivity contribution is 0.0950. The van der Waals surface area contributed by atoms with E-state index in [9.17, 15) is 17.6 Å². The van der Waals surface area contributed by atoms with E-state index in [1.54, 1.807) is 23.0 Å². The Hall–Kier alpha value is -4.02. The highest BCUT2D eigenvalue weighted by Crippen LogP contribution is 2.26. The van der Waals surface area contributed by atoms with Crippen LogP contribution in [0.4, 0.5) is 4.39 Å². The molecule has 0 atom stereocenters. The summed E-state index contributed by atoms with van der Waals surface area (Å²) in [6.45, 7) is 0.110. The number of hydrogen-bond donors (Lipinski definition) is 2. The molecule has 2 N–H and O–H groups in total. The molecule has 0 saturated heterocycles. The Bertz CT molecular complexity index is 1450. The zero-order valence-electron chi connectivity index (χ0n) is 19.0. The number of methoxy groups -OCH3 is 1. The second kappa shape index (κ2) is 10.1. The van der Waals surface area contributed by atoms with Gasteiger partial charge in [-0.25, -0.2) is 22.2 Å². The third kappa shape index (κ3) is 5.23. The molecule has 0 spiro atoms. The molecule has 0 saturated carbocycles. The first-order chi connectivity index (χ1) is 16.8. The van der Waals surface area contributed by atoms with E-state index >= 15 is 0 Å². The van der Waals surface area contributed by atoms with Crippen LogP contribution in [0, 0.1) is 5.82 Å². The van der Waals surface area contributed by atoms with E-state index in [1.807, 2.05) is 30.3 Å². The minimum Gasteiger partial charge on any atom is -0.495 e. The van der Waals surface area contributed by atoms with Gasteiger partial charge in [-0.05, 0) is 61.6 Å². The van der Waals surface area contributed by atoms with Crippen molar-refractivity contribution in [2.75, 3.05) is 14.2 Å². The number of halogens is 1. The summed E-state index contributed by atoms with van der Waals surface area (Å²) >= 11 is 0. The molecule has 0 aliphatic heterocycles. The van der Waals surface area contributed by atoms with E-state index in [2.05, 4.69) is 15.1 Å². The van der Waals surface area contributed by atoms with Crippen LogP contribution < -0.4 is 14.8 Å². The van der Waals surface area contributed by atoms with Crippen molar-refractivity contribution < 1.29 is 22.3 Å². The molecular weight excluding hydrogens is 471 g/mol. The molecule has 8 nitrogen and oxygen atoms in total. The number of carbonyl (C=O) groups is 1. The Labute approximate surface area is 202 Å². The summed E-state index contributed by atoms with van der Waals surface area (Å²) in [7, 11) is -1.20. The average Bonchev–Trinajstić information content (AvgIpc) is 3.32. The maximum atomic E-state index is 13.5. The van der Waals surface area contributed by atoms with E-state index in [-0.39, 0.29) is 28.6 Å². The van der Waals surface area contributed by atoms with Gasteiger partial charge in [0.05, 0.1) is 18.5 Å². The second-order valence-corrected chi connectivity index (χ2v) is 9.40. The molecule has 10 heteroatoms. The Morgan fingerprint density at radius 2 is 1.77 bits per heavy atom. The Kier molecular flexibility index (Phi) is 6.94. The van der Waals surface area contributed by atoms with Gasteiger partial charge < -0.3 is 10.1 Å². The molecule has 1 amide bonds. The number of amides is 1. The highest BCUT2D eigenvalue weighted by molar-refractivity contribution is 7.89. The number of hydrogen-bond acceptors (Lipinski definition) is 5. The van der Waals surface area contributed by atoms with Gasteiger partial charge in [-0.2, -0.15) is 5.10 Å². The van der Waals surface area contributed by atoms with Crippen LogP contribution in [-0.2, 0) is 16.6 Å². The predicted octanol–water partition coefficient (Wildman–Crippen LogP) is 3.53. The van der Waals surface area contributed by atoms with Gasteiger partial charge in [0.25, 0.3) is 5.91 Å². The zero-order valence-corrected chi connectivity index (χ0v) is 19.8. The molecule has 3 aromatic carbocycles. The summed E-state index contributed by atoms with van der Waals surface area (Å²) in [6, 6.07) is 19.6. The maximum absolute atomic E-state index is 13.5. The third-order valence-electron chi connectivity index (χ3n) is 5.35. The summed E-state index contributed by atoms with van der Waals surface area (Å²) in [5.41, 5.74) is 2.95. The first-order valence-corrected chi connectivity index (χ1v) is 12.1. The third-order valence-corrected chi connectivity index (χ3v) is 6.79. The highest BCUT2D eigenvalue weighted by atomic mass is 32.2. The van der Waals surface area contributed by atoms with Gasteiger partial charge in [-0.3, -0.25) is 4.79 Å². The zero-order chi connectivity index (χ0) is 25.0. The fraction of sp³-hybridized carbons (Fsp3) is 0.120. The van der Waals surface area contributed by atoms with Gasteiger partial charge in [0.15, 0.2) is 0 Å². The fourth-order valence-corrected chi connectivity index (χ4v) is 4.44. The van der Waals surface area contributed by atoms with Crippen molar-refractivity contribution >= 4 is 15.9 Å². The van der Waals surface area contributed by atoms with Gasteiger partial charge >= 0.3 is 0 Å². The summed E-state index contributed by atoms with van der Waals surface area (Å²) < 4.78 is 47.2. The molecule has 4 rings (SSSR count). The lowest BCUT2D eigenvalue weighted by Gasteiger charge is -2.11. The Balaban J connectivity index is 1.64. The van der Waals surface area contributed by atoms with E-state index < -0.39 is 15.9 Å². The number of benzene rings is 3. The van der Waals surface area contributed by atoms with E-state index in [0.717, 1.165) is 5.69 Å². The summed E-state index contributed by atoms with van der Waals surface area (Å²) in [4.78, 5) is 12.8. The number of ether oxygens (including phenoxy) is 1. The minimum atomic E-state index is -3.84. The van der Waals surface area contributed by atoms with Crippen molar-refractivity contribution in [1.82, 2.24) is 19.8 Å². The van der Waals surface area contributed by atoms with E-state index in [0.29, 0.717) is 16.8 Å². The number of carbonyl (C=O) groups excluding carboxylic acids is 1. The maximum Gasteiger partial charge on any atom is 0.251 e. The van der Waals surface area contributed by atoms with Gasteiger partial charge in [0, 0.05) is 29.4 Å². The monoisotopic (exact) mass is 494 g/mol. The minimum absolute atomic E-state index is 0.110. The van der Waals surface area contributed by atoms with Crippen molar-refractivity contribution in [3.05, 3.63) is 95.9 Å². The first kappa shape index (κ1) is 24.1. The molecule has 4 aromatic rings. The molecule has 0 unspecified atom stereocenters. The molecular formula is C25H23FN4O4S. The first-order valence-electron chi connectivity index (χ1n) is 10.6. The lowest BCUT2D eigenvalue weighted by Crippen LogP contribution is -2.24. The van der Waals surface area contributed by atoms with Crippen LogP contribution in [0.2, 0.25) is 0 Å². The Morgan fingerprint density at radius 3 is 2.43 bits per heavy atom. The van der Waals surface area contributed by atoms with Gasteiger partial charge in [-0.1, -0.05) is 18.2 Å². The molecule has 0 bridgehead atoms. The lowest BCUT2D eigenvalue weighted by atomic mass is 10.1. The van der Waals surface area contributed by atoms with Crippen LogP contribution >= 0.6 is 0 Å². The molecule has 0 fully saturated rings. The summed E-state index contributed by atoms with van der Waals surface area (Å²) in [5.74, 6) is -0.714. The fourth-order valence-electron chi connectivity index (χ4n) is 3.52. The topological polar surface area (TPSA) is 102 Å². The van der Waals surface area contributed by atoms with Crippen LogP contribution in [0.15, 0.2) is 83.9 Å². The summed E-state index contributed by atoms with van der Waals surface area (Å²) in [5, 5.41) is 7.46. The molecule has 180 valence electrons. The van der Waals surface area contributed by atoms with Crippen LogP contribution in [-0.4, -0.2) is 38.3 Å². The number of rotatable bonds is 8. The largest absolute Gasteiger partial charge is 0.495 e. The normalized spacial score (nSPS) is 11.3. The molecule has 0 aliphatic carbocycles. The van der Waals surface area contributed by atoms with E-state index in [4.69, 9.17) is 4.74 Å². The van der Waals surface area contributed by atoms with Gasteiger partial charge in [0.1, 0.15) is 16.5 Å². The predicted molar refractivity (Wildman–Crippen MR) is 129 cm³/mol. The number of para-hydroxylation sites is 1. The number of nitrogens with zero attached hydrogens (tertiary/aromatic N) is 2. The number of aromatic nitrogens is 2. The van der Waals surface area contributed by atoms with Crippen molar-refractivity contribution in [1.29, 1.82) is 0 Å². The SMILES string of the molecule is CNS(=O)(=O)c1cc(C(=O)NCc2cn(-c3ccccc3)nc2-c2ccc(F)cc2)ccc1OC. The van der Waals surface area contributed by atoms with Crippen molar-refractivity contribution in [2.45, 2.75) is 11.4 Å². The Morgan fingerprint density at radius 1 is 1.06 bits per heavy atom. The van der Waals surface area contributed by atoms with E-state index in [1.165, 1.54) is 44.5 Å². The van der Waals surface area contributed by atoms with Gasteiger partial charge in [-0.15, -0.1) is 0 Å². The quantitative estimate of drug-likeness (QED) is 0.390. The molecule has 1 heterocycles. The number of sulfonamides is 1.